The molecule has 4 heteroatoms. The number of nitrogen functional groups attached to an aromatic ring is 1. The fraction of sp³-hybridized carbons (Fsp3) is 0.231. The van der Waals surface area contributed by atoms with Gasteiger partial charge in [0.05, 0.1) is 11.4 Å². The second-order valence-electron chi connectivity index (χ2n) is 4.14. The number of nitriles is 1. The van der Waals surface area contributed by atoms with Crippen LogP contribution in [0, 0.1) is 32.1 Å². The monoisotopic (exact) mass is 226 g/mol. The predicted molar refractivity (Wildman–Crippen MR) is 66.9 cm³/mol. The van der Waals surface area contributed by atoms with E-state index in [1.807, 2.05) is 25.1 Å². The van der Waals surface area contributed by atoms with E-state index in [9.17, 15) is 0 Å². The molecule has 0 amide bonds. The summed E-state index contributed by atoms with van der Waals surface area (Å²) in [5.74, 6) is 0.397. The van der Waals surface area contributed by atoms with Crippen LogP contribution >= 0.6 is 0 Å². The van der Waals surface area contributed by atoms with E-state index in [4.69, 9.17) is 11.0 Å². The van der Waals surface area contributed by atoms with Crippen molar-refractivity contribution < 1.29 is 0 Å². The van der Waals surface area contributed by atoms with Gasteiger partial charge in [-0.2, -0.15) is 10.4 Å². The van der Waals surface area contributed by atoms with Gasteiger partial charge in [-0.1, -0.05) is 6.07 Å². The standard InChI is InChI=1S/C13H14N4/c1-8-4-5-11(6-9(8)2)17-13(15)12(7-14)10(3)16-17/h4-6H,15H2,1-3H3. The zero-order valence-corrected chi connectivity index (χ0v) is 10.2. The number of nitrogens with zero attached hydrogens (tertiary/aromatic N) is 3. The van der Waals surface area contributed by atoms with Gasteiger partial charge in [0.15, 0.2) is 0 Å². The maximum atomic E-state index is 8.97. The number of aryl methyl sites for hydroxylation is 3. The fourth-order valence-electron chi connectivity index (χ4n) is 1.74. The largest absolute Gasteiger partial charge is 0.382 e. The lowest BCUT2D eigenvalue weighted by Gasteiger charge is -2.06. The van der Waals surface area contributed by atoms with E-state index >= 15 is 0 Å². The van der Waals surface area contributed by atoms with Crippen LogP contribution < -0.4 is 5.73 Å². The van der Waals surface area contributed by atoms with E-state index < -0.39 is 0 Å². The molecule has 0 atom stereocenters. The van der Waals surface area contributed by atoms with Gasteiger partial charge in [-0.15, -0.1) is 0 Å². The Labute approximate surface area is 100 Å². The third kappa shape index (κ3) is 1.76. The lowest BCUT2D eigenvalue weighted by atomic mass is 10.1. The Bertz CT molecular complexity index is 617. The molecule has 0 aliphatic heterocycles. The summed E-state index contributed by atoms with van der Waals surface area (Å²) < 4.78 is 1.61. The van der Waals surface area contributed by atoms with E-state index in [1.54, 1.807) is 11.6 Å². The lowest BCUT2D eigenvalue weighted by molar-refractivity contribution is 0.870. The minimum absolute atomic E-state index is 0.397. The summed E-state index contributed by atoms with van der Waals surface area (Å²) in [4.78, 5) is 0. The van der Waals surface area contributed by atoms with E-state index in [-0.39, 0.29) is 0 Å². The molecular formula is C13H14N4. The molecule has 2 aromatic rings. The van der Waals surface area contributed by atoms with Gasteiger partial charge >= 0.3 is 0 Å². The Hall–Kier alpha value is -2.28. The highest BCUT2D eigenvalue weighted by molar-refractivity contribution is 5.56. The number of anilines is 1. The van der Waals surface area contributed by atoms with Crippen molar-refractivity contribution in [2.75, 3.05) is 5.73 Å². The van der Waals surface area contributed by atoms with Crippen molar-refractivity contribution in [2.24, 2.45) is 0 Å². The highest BCUT2D eigenvalue weighted by Gasteiger charge is 2.13. The minimum Gasteiger partial charge on any atom is -0.382 e. The van der Waals surface area contributed by atoms with Crippen molar-refractivity contribution in [3.63, 3.8) is 0 Å². The van der Waals surface area contributed by atoms with Crippen LogP contribution in [0.3, 0.4) is 0 Å². The Morgan fingerprint density at radius 3 is 2.47 bits per heavy atom. The van der Waals surface area contributed by atoms with Gasteiger partial charge in [0.25, 0.3) is 0 Å². The third-order valence-electron chi connectivity index (χ3n) is 2.94. The van der Waals surface area contributed by atoms with Crippen LogP contribution in [-0.2, 0) is 0 Å². The van der Waals surface area contributed by atoms with Gasteiger partial charge in [0, 0.05) is 0 Å². The molecule has 0 saturated carbocycles. The summed E-state index contributed by atoms with van der Waals surface area (Å²) in [5.41, 5.74) is 10.3. The third-order valence-corrected chi connectivity index (χ3v) is 2.94. The molecule has 17 heavy (non-hydrogen) atoms. The van der Waals surface area contributed by atoms with Crippen molar-refractivity contribution in [3.05, 3.63) is 40.6 Å². The highest BCUT2D eigenvalue weighted by atomic mass is 15.3. The summed E-state index contributed by atoms with van der Waals surface area (Å²) in [6.45, 7) is 5.88. The fourth-order valence-corrected chi connectivity index (χ4v) is 1.74. The van der Waals surface area contributed by atoms with E-state index in [2.05, 4.69) is 18.1 Å². The summed E-state index contributed by atoms with van der Waals surface area (Å²) in [6.07, 6.45) is 0. The van der Waals surface area contributed by atoms with Crippen molar-refractivity contribution >= 4 is 5.82 Å². The number of nitrogens with two attached hydrogens (primary N) is 1. The molecule has 2 rings (SSSR count). The highest BCUT2D eigenvalue weighted by Crippen LogP contribution is 2.21. The molecule has 0 radical (unpaired) electrons. The minimum atomic E-state index is 0.397. The number of benzene rings is 1. The average Bonchev–Trinajstić information content (AvgIpc) is 2.58. The Kier molecular flexibility index (Phi) is 2.60. The van der Waals surface area contributed by atoms with Gasteiger partial charge < -0.3 is 5.73 Å². The maximum Gasteiger partial charge on any atom is 0.145 e. The van der Waals surface area contributed by atoms with Crippen molar-refractivity contribution in [1.82, 2.24) is 9.78 Å². The molecule has 1 heterocycles. The first-order valence-electron chi connectivity index (χ1n) is 5.37. The van der Waals surface area contributed by atoms with E-state index in [0.717, 1.165) is 5.69 Å². The number of hydrogen-bond acceptors (Lipinski definition) is 3. The van der Waals surface area contributed by atoms with Crippen LogP contribution in [0.2, 0.25) is 0 Å². The van der Waals surface area contributed by atoms with Crippen LogP contribution in [0.15, 0.2) is 18.2 Å². The van der Waals surface area contributed by atoms with Gasteiger partial charge in [-0.25, -0.2) is 4.68 Å². The molecule has 4 nitrogen and oxygen atoms in total. The molecule has 0 bridgehead atoms. The molecule has 2 N–H and O–H groups in total. The molecule has 0 fully saturated rings. The molecule has 0 aliphatic rings. The van der Waals surface area contributed by atoms with Crippen LogP contribution in [0.4, 0.5) is 5.82 Å². The summed E-state index contributed by atoms with van der Waals surface area (Å²) in [5, 5.41) is 13.3. The Morgan fingerprint density at radius 2 is 1.94 bits per heavy atom. The second kappa shape index (κ2) is 3.95. The SMILES string of the molecule is Cc1ccc(-n2nc(C)c(C#N)c2N)cc1C. The summed E-state index contributed by atoms with van der Waals surface area (Å²) >= 11 is 0. The molecule has 0 unspecified atom stereocenters. The first-order chi connectivity index (χ1) is 8.04. The first-order valence-corrected chi connectivity index (χ1v) is 5.37. The Morgan fingerprint density at radius 1 is 1.24 bits per heavy atom. The van der Waals surface area contributed by atoms with E-state index in [0.29, 0.717) is 17.1 Å². The quantitative estimate of drug-likeness (QED) is 0.810. The van der Waals surface area contributed by atoms with Gasteiger partial charge in [-0.3, -0.25) is 0 Å². The van der Waals surface area contributed by atoms with Crippen LogP contribution in [0.1, 0.15) is 22.4 Å². The molecule has 0 aliphatic carbocycles. The topological polar surface area (TPSA) is 67.6 Å². The van der Waals surface area contributed by atoms with Crippen LogP contribution in [0.25, 0.3) is 5.69 Å². The smallest absolute Gasteiger partial charge is 0.145 e. The number of aromatic nitrogens is 2. The van der Waals surface area contributed by atoms with Crippen LogP contribution in [0.5, 0.6) is 0 Å². The zero-order valence-electron chi connectivity index (χ0n) is 10.2. The Balaban J connectivity index is 2.62. The van der Waals surface area contributed by atoms with E-state index in [1.165, 1.54) is 11.1 Å². The second-order valence-corrected chi connectivity index (χ2v) is 4.14. The molecule has 1 aromatic heterocycles. The number of hydrogen-bond donors (Lipinski definition) is 1. The summed E-state index contributed by atoms with van der Waals surface area (Å²) in [6, 6.07) is 8.06. The number of rotatable bonds is 1. The summed E-state index contributed by atoms with van der Waals surface area (Å²) in [7, 11) is 0. The maximum absolute atomic E-state index is 8.97. The zero-order chi connectivity index (χ0) is 12.6. The molecular weight excluding hydrogens is 212 g/mol. The predicted octanol–water partition coefficient (Wildman–Crippen LogP) is 2.25. The normalized spacial score (nSPS) is 10.2. The van der Waals surface area contributed by atoms with Crippen molar-refractivity contribution in [1.29, 1.82) is 5.26 Å². The lowest BCUT2D eigenvalue weighted by Crippen LogP contribution is -2.03. The van der Waals surface area contributed by atoms with Gasteiger partial charge in [-0.05, 0) is 44.0 Å². The van der Waals surface area contributed by atoms with Crippen molar-refractivity contribution in [3.8, 4) is 11.8 Å². The van der Waals surface area contributed by atoms with Gasteiger partial charge in [0.1, 0.15) is 17.5 Å². The van der Waals surface area contributed by atoms with Crippen molar-refractivity contribution in [2.45, 2.75) is 20.8 Å². The molecule has 0 spiro atoms. The molecule has 86 valence electrons. The average molecular weight is 226 g/mol. The van der Waals surface area contributed by atoms with Crippen LogP contribution in [-0.4, -0.2) is 9.78 Å². The van der Waals surface area contributed by atoms with Gasteiger partial charge in [0.2, 0.25) is 0 Å². The molecule has 0 saturated heterocycles. The molecule has 1 aromatic carbocycles. The first kappa shape index (κ1) is 11.2.